The highest BCUT2D eigenvalue weighted by Gasteiger charge is 2.40. The lowest BCUT2D eigenvalue weighted by Gasteiger charge is -2.30. The summed E-state index contributed by atoms with van der Waals surface area (Å²) >= 11 is 0. The van der Waals surface area contributed by atoms with Crippen molar-refractivity contribution in [3.63, 3.8) is 0 Å². The maximum atomic E-state index is 13.4. The monoisotopic (exact) mass is 348 g/mol. The van der Waals surface area contributed by atoms with Gasteiger partial charge in [-0.2, -0.15) is 0 Å². The number of nitrogens with one attached hydrogen (secondary N) is 1. The molecule has 0 aromatic heterocycles. The van der Waals surface area contributed by atoms with E-state index in [2.05, 4.69) is 34.5 Å². The molecule has 1 aliphatic heterocycles. The van der Waals surface area contributed by atoms with Crippen molar-refractivity contribution in [2.75, 3.05) is 11.9 Å². The predicted molar refractivity (Wildman–Crippen MR) is 97.3 cm³/mol. The molecule has 1 N–H and O–H groups in total. The van der Waals surface area contributed by atoms with E-state index >= 15 is 0 Å². The number of carbonyl (C=O) groups is 2. The molecule has 0 spiro atoms. The van der Waals surface area contributed by atoms with Gasteiger partial charge in [0.2, 0.25) is 0 Å². The van der Waals surface area contributed by atoms with Gasteiger partial charge in [0.15, 0.2) is 6.61 Å². The van der Waals surface area contributed by atoms with Crippen LogP contribution in [0.3, 0.4) is 0 Å². The van der Waals surface area contributed by atoms with Gasteiger partial charge in [-0.1, -0.05) is 24.3 Å². The van der Waals surface area contributed by atoms with E-state index in [4.69, 9.17) is 4.74 Å². The number of aryl methyl sites for hydroxylation is 1. The Hall–Kier alpha value is -2.82. The topological polar surface area (TPSA) is 58.6 Å². The Morgan fingerprint density at radius 3 is 2.81 bits per heavy atom. The van der Waals surface area contributed by atoms with Crippen molar-refractivity contribution in [2.45, 2.75) is 37.8 Å². The molecule has 0 unspecified atom stereocenters. The Bertz CT molecular complexity index is 904. The van der Waals surface area contributed by atoms with Crippen LogP contribution in [0.1, 0.15) is 46.8 Å². The summed E-state index contributed by atoms with van der Waals surface area (Å²) in [6.45, 7) is 0.0212. The van der Waals surface area contributed by atoms with Crippen LogP contribution in [-0.2, 0) is 11.2 Å². The minimum absolute atomic E-state index is 0.0212. The molecule has 5 rings (SSSR count). The maximum Gasteiger partial charge on any atom is 0.262 e. The Morgan fingerprint density at radius 2 is 1.96 bits per heavy atom. The van der Waals surface area contributed by atoms with Gasteiger partial charge in [0, 0.05) is 11.6 Å². The lowest BCUT2D eigenvalue weighted by atomic mass is 10.0. The van der Waals surface area contributed by atoms with Gasteiger partial charge in [-0.25, -0.2) is 0 Å². The van der Waals surface area contributed by atoms with Crippen LogP contribution in [0.15, 0.2) is 42.5 Å². The summed E-state index contributed by atoms with van der Waals surface area (Å²) < 4.78 is 5.40. The Balaban J connectivity index is 1.48. The summed E-state index contributed by atoms with van der Waals surface area (Å²) in [7, 11) is 0. The minimum atomic E-state index is -0.189. The first-order valence-corrected chi connectivity index (χ1v) is 9.18. The van der Waals surface area contributed by atoms with Gasteiger partial charge in [0.25, 0.3) is 11.8 Å². The molecule has 1 fully saturated rings. The van der Waals surface area contributed by atoms with E-state index in [0.717, 1.165) is 25.7 Å². The highest BCUT2D eigenvalue weighted by Crippen LogP contribution is 2.43. The number of rotatable bonds is 3. The summed E-state index contributed by atoms with van der Waals surface area (Å²) in [6.07, 6.45) is 4.13. The Labute approximate surface area is 152 Å². The van der Waals surface area contributed by atoms with Crippen LogP contribution in [0.25, 0.3) is 0 Å². The number of carbonyl (C=O) groups excluding carboxylic acids is 2. The summed E-state index contributed by atoms with van der Waals surface area (Å²) in [5.74, 6) is 0.466. The van der Waals surface area contributed by atoms with Gasteiger partial charge < -0.3 is 15.0 Å². The number of nitrogens with zero attached hydrogens (tertiary/aromatic N) is 1. The molecule has 2 aromatic carbocycles. The Morgan fingerprint density at radius 1 is 1.12 bits per heavy atom. The summed E-state index contributed by atoms with van der Waals surface area (Å²) in [4.78, 5) is 27.0. The van der Waals surface area contributed by atoms with E-state index in [9.17, 15) is 9.59 Å². The minimum Gasteiger partial charge on any atom is -0.482 e. The molecule has 0 saturated heterocycles. The van der Waals surface area contributed by atoms with Crippen LogP contribution in [0.2, 0.25) is 0 Å². The Kier molecular flexibility index (Phi) is 3.48. The molecule has 5 nitrogen and oxygen atoms in total. The zero-order valence-corrected chi connectivity index (χ0v) is 14.4. The lowest BCUT2D eigenvalue weighted by molar-refractivity contribution is -0.118. The van der Waals surface area contributed by atoms with Crippen molar-refractivity contribution in [2.24, 2.45) is 0 Å². The fourth-order valence-corrected chi connectivity index (χ4v) is 4.10. The molecule has 3 aliphatic rings. The molecule has 1 atom stereocenters. The SMILES string of the molecule is O=C1COc2ccc(C(=O)N(C3CC3)[C@@H]3CCc4ccccc43)cc2N1. The zero-order chi connectivity index (χ0) is 17.7. The third-order valence-corrected chi connectivity index (χ3v) is 5.47. The molecule has 0 bridgehead atoms. The van der Waals surface area contributed by atoms with E-state index in [0.29, 0.717) is 23.0 Å². The highest BCUT2D eigenvalue weighted by atomic mass is 16.5. The number of hydrogen-bond acceptors (Lipinski definition) is 3. The van der Waals surface area contributed by atoms with Crippen LogP contribution in [0.4, 0.5) is 5.69 Å². The first-order chi connectivity index (χ1) is 12.7. The van der Waals surface area contributed by atoms with Crippen molar-refractivity contribution in [1.82, 2.24) is 4.90 Å². The molecule has 2 aromatic rings. The smallest absolute Gasteiger partial charge is 0.262 e. The number of hydrogen-bond donors (Lipinski definition) is 1. The van der Waals surface area contributed by atoms with Gasteiger partial charge >= 0.3 is 0 Å². The van der Waals surface area contributed by atoms with E-state index < -0.39 is 0 Å². The fraction of sp³-hybridized carbons (Fsp3) is 0.333. The van der Waals surface area contributed by atoms with Gasteiger partial charge in [0.05, 0.1) is 11.7 Å². The van der Waals surface area contributed by atoms with Gasteiger partial charge in [-0.3, -0.25) is 9.59 Å². The third-order valence-electron chi connectivity index (χ3n) is 5.47. The summed E-state index contributed by atoms with van der Waals surface area (Å²) in [6, 6.07) is 14.2. The van der Waals surface area contributed by atoms with E-state index in [1.807, 2.05) is 0 Å². The molecule has 2 amide bonds. The fourth-order valence-electron chi connectivity index (χ4n) is 4.10. The van der Waals surface area contributed by atoms with Crippen molar-refractivity contribution < 1.29 is 14.3 Å². The largest absolute Gasteiger partial charge is 0.482 e. The van der Waals surface area contributed by atoms with E-state index in [1.54, 1.807) is 18.2 Å². The second-order valence-electron chi connectivity index (χ2n) is 7.24. The van der Waals surface area contributed by atoms with Gasteiger partial charge in [-0.15, -0.1) is 0 Å². The molecule has 5 heteroatoms. The molecule has 132 valence electrons. The molecular formula is C21H20N2O3. The summed E-state index contributed by atoms with van der Waals surface area (Å²) in [5.41, 5.74) is 3.81. The van der Waals surface area contributed by atoms with Crippen molar-refractivity contribution in [3.05, 3.63) is 59.2 Å². The number of ether oxygens (including phenoxy) is 1. The predicted octanol–water partition coefficient (Wildman–Crippen LogP) is 3.31. The first-order valence-electron chi connectivity index (χ1n) is 9.18. The molecule has 1 saturated carbocycles. The molecule has 0 radical (unpaired) electrons. The molecule has 1 heterocycles. The van der Waals surface area contributed by atoms with Gasteiger partial charge in [0.1, 0.15) is 5.75 Å². The van der Waals surface area contributed by atoms with Crippen molar-refractivity contribution >= 4 is 17.5 Å². The quantitative estimate of drug-likeness (QED) is 0.926. The number of amides is 2. The standard InChI is InChI=1S/C21H20N2O3/c24-20-12-26-19-10-6-14(11-17(19)22-20)21(25)23(15-7-8-15)18-9-5-13-3-1-2-4-16(13)18/h1-4,6,10-11,15,18H,5,7-9,12H2,(H,22,24)/t18-/m1/s1. The van der Waals surface area contributed by atoms with Crippen LogP contribution in [0, 0.1) is 0 Å². The molecule has 2 aliphatic carbocycles. The lowest BCUT2D eigenvalue weighted by Crippen LogP contribution is -2.36. The molecule has 26 heavy (non-hydrogen) atoms. The van der Waals surface area contributed by atoms with E-state index in [1.165, 1.54) is 11.1 Å². The van der Waals surface area contributed by atoms with Gasteiger partial charge in [-0.05, 0) is 55.0 Å². The van der Waals surface area contributed by atoms with Crippen LogP contribution >= 0.6 is 0 Å². The number of anilines is 1. The summed E-state index contributed by atoms with van der Waals surface area (Å²) in [5, 5.41) is 2.79. The zero-order valence-electron chi connectivity index (χ0n) is 14.4. The van der Waals surface area contributed by atoms with Crippen LogP contribution in [0.5, 0.6) is 5.75 Å². The van der Waals surface area contributed by atoms with Crippen LogP contribution < -0.4 is 10.1 Å². The second kappa shape index (κ2) is 5.87. The van der Waals surface area contributed by atoms with Crippen LogP contribution in [-0.4, -0.2) is 29.4 Å². The normalized spacial score (nSPS) is 20.6. The first kappa shape index (κ1) is 15.4. The average molecular weight is 348 g/mol. The second-order valence-corrected chi connectivity index (χ2v) is 7.24. The highest BCUT2D eigenvalue weighted by molar-refractivity contribution is 6.00. The van der Waals surface area contributed by atoms with E-state index in [-0.39, 0.29) is 24.5 Å². The van der Waals surface area contributed by atoms with Crippen molar-refractivity contribution in [3.8, 4) is 5.75 Å². The van der Waals surface area contributed by atoms with Crippen molar-refractivity contribution in [1.29, 1.82) is 0 Å². The number of fused-ring (bicyclic) bond motifs is 2. The maximum absolute atomic E-state index is 13.4. The average Bonchev–Trinajstić information content (AvgIpc) is 3.41. The number of benzene rings is 2. The third kappa shape index (κ3) is 2.55. The molecular weight excluding hydrogens is 328 g/mol.